The molecule has 0 radical (unpaired) electrons. The molecule has 0 aliphatic rings. The van der Waals surface area contributed by atoms with Gasteiger partial charge in [-0.05, 0) is 74.5 Å². The highest BCUT2D eigenvalue weighted by Gasteiger charge is 2.31. The average Bonchev–Trinajstić information content (AvgIpc) is 2.98. The molecule has 144 valence electrons. The third-order valence-electron chi connectivity index (χ3n) is 4.92. The van der Waals surface area contributed by atoms with Gasteiger partial charge in [0.1, 0.15) is 0 Å². The van der Waals surface area contributed by atoms with Gasteiger partial charge in [0, 0.05) is 21.5 Å². The molecule has 0 unspecified atom stereocenters. The Hall–Kier alpha value is -1.98. The van der Waals surface area contributed by atoms with Crippen molar-refractivity contribution < 1.29 is 13.2 Å². The standard InChI is InChI=1S/C21H22ClF3N2/c1-12-6-7-13(2)19-18(12)15(5-3-4-10-26)20(27-19)16-11-14(21(23,24)25)8-9-17(16)22/h6-9,11,27H,3-5,10,26H2,1-2H3. The first-order valence-corrected chi connectivity index (χ1v) is 9.29. The number of benzene rings is 2. The third-order valence-corrected chi connectivity index (χ3v) is 5.25. The Bertz CT molecular complexity index is 974. The molecule has 0 saturated heterocycles. The van der Waals surface area contributed by atoms with Gasteiger partial charge in [0.15, 0.2) is 0 Å². The van der Waals surface area contributed by atoms with Crippen LogP contribution in [0.25, 0.3) is 22.2 Å². The number of rotatable bonds is 5. The number of H-pyrrole nitrogens is 1. The van der Waals surface area contributed by atoms with E-state index in [2.05, 4.69) is 4.98 Å². The summed E-state index contributed by atoms with van der Waals surface area (Å²) in [4.78, 5) is 3.35. The second kappa shape index (κ2) is 7.56. The van der Waals surface area contributed by atoms with Gasteiger partial charge >= 0.3 is 6.18 Å². The average molecular weight is 395 g/mol. The van der Waals surface area contributed by atoms with Crippen LogP contribution in [0.1, 0.15) is 35.1 Å². The molecule has 1 heterocycles. The summed E-state index contributed by atoms with van der Waals surface area (Å²) in [5.74, 6) is 0. The lowest BCUT2D eigenvalue weighted by molar-refractivity contribution is -0.137. The second-order valence-electron chi connectivity index (χ2n) is 6.87. The van der Waals surface area contributed by atoms with Crippen molar-refractivity contribution in [2.75, 3.05) is 6.54 Å². The Balaban J connectivity index is 2.26. The van der Waals surface area contributed by atoms with Gasteiger partial charge in [-0.1, -0.05) is 23.7 Å². The SMILES string of the molecule is Cc1ccc(C)c2c(CCCCN)c(-c3cc(C(F)(F)F)ccc3Cl)[nH]c12. The van der Waals surface area contributed by atoms with E-state index < -0.39 is 11.7 Å². The molecule has 27 heavy (non-hydrogen) atoms. The van der Waals surface area contributed by atoms with E-state index in [-0.39, 0.29) is 0 Å². The highest BCUT2D eigenvalue weighted by atomic mass is 35.5. The zero-order valence-corrected chi connectivity index (χ0v) is 16.1. The van der Waals surface area contributed by atoms with E-state index in [0.29, 0.717) is 22.8 Å². The Kier molecular flexibility index (Phi) is 5.54. The summed E-state index contributed by atoms with van der Waals surface area (Å²) in [7, 11) is 0. The van der Waals surface area contributed by atoms with Gasteiger partial charge in [-0.25, -0.2) is 0 Å². The van der Waals surface area contributed by atoms with E-state index in [4.69, 9.17) is 17.3 Å². The predicted octanol–water partition coefficient (Wildman–Crippen LogP) is 6.41. The summed E-state index contributed by atoms with van der Waals surface area (Å²) < 4.78 is 39.7. The van der Waals surface area contributed by atoms with Crippen molar-refractivity contribution in [2.24, 2.45) is 5.73 Å². The lowest BCUT2D eigenvalue weighted by Crippen LogP contribution is -2.05. The normalized spacial score (nSPS) is 12.1. The minimum Gasteiger partial charge on any atom is -0.354 e. The fourth-order valence-electron chi connectivity index (χ4n) is 3.51. The molecular weight excluding hydrogens is 373 g/mol. The van der Waals surface area contributed by atoms with E-state index in [0.717, 1.165) is 59.0 Å². The highest BCUT2D eigenvalue weighted by molar-refractivity contribution is 6.33. The number of unbranched alkanes of at least 4 members (excludes halogenated alkanes) is 1. The number of aryl methyl sites for hydroxylation is 3. The van der Waals surface area contributed by atoms with Gasteiger partial charge in [0.25, 0.3) is 0 Å². The number of halogens is 4. The minimum atomic E-state index is -4.42. The number of nitrogens with two attached hydrogens (primary N) is 1. The van der Waals surface area contributed by atoms with Crippen LogP contribution in [0, 0.1) is 13.8 Å². The Morgan fingerprint density at radius 3 is 2.41 bits per heavy atom. The van der Waals surface area contributed by atoms with E-state index >= 15 is 0 Å². The maximum absolute atomic E-state index is 13.2. The Morgan fingerprint density at radius 1 is 1.04 bits per heavy atom. The summed E-state index contributed by atoms with van der Waals surface area (Å²) in [6.45, 7) is 4.58. The zero-order chi connectivity index (χ0) is 19.8. The molecular formula is C21H22ClF3N2. The number of nitrogens with one attached hydrogen (secondary N) is 1. The van der Waals surface area contributed by atoms with E-state index in [9.17, 15) is 13.2 Å². The lowest BCUT2D eigenvalue weighted by Gasteiger charge is -2.12. The quantitative estimate of drug-likeness (QED) is 0.482. The summed E-state index contributed by atoms with van der Waals surface area (Å²) in [6.07, 6.45) is -1.98. The number of hydrogen-bond donors (Lipinski definition) is 2. The van der Waals surface area contributed by atoms with Crippen LogP contribution in [0.5, 0.6) is 0 Å². The minimum absolute atomic E-state index is 0.296. The Morgan fingerprint density at radius 2 is 1.74 bits per heavy atom. The van der Waals surface area contributed by atoms with E-state index in [1.165, 1.54) is 6.07 Å². The molecule has 0 bridgehead atoms. The van der Waals surface area contributed by atoms with Crippen molar-refractivity contribution in [3.05, 3.63) is 57.6 Å². The van der Waals surface area contributed by atoms with E-state index in [1.54, 1.807) is 0 Å². The molecule has 3 rings (SSSR count). The van der Waals surface area contributed by atoms with Crippen LogP contribution >= 0.6 is 11.6 Å². The second-order valence-corrected chi connectivity index (χ2v) is 7.27. The Labute approximate surface area is 161 Å². The fraction of sp³-hybridized carbons (Fsp3) is 0.333. The molecule has 2 aromatic carbocycles. The van der Waals surface area contributed by atoms with Crippen LogP contribution in [0.2, 0.25) is 5.02 Å². The molecule has 0 atom stereocenters. The number of hydrogen-bond acceptors (Lipinski definition) is 1. The van der Waals surface area contributed by atoms with E-state index in [1.807, 2.05) is 26.0 Å². The monoisotopic (exact) mass is 394 g/mol. The number of alkyl halides is 3. The predicted molar refractivity (Wildman–Crippen MR) is 105 cm³/mol. The van der Waals surface area contributed by atoms with Crippen molar-refractivity contribution >= 4 is 22.5 Å². The van der Waals surface area contributed by atoms with Crippen LogP contribution in [-0.2, 0) is 12.6 Å². The molecule has 0 fully saturated rings. The van der Waals surface area contributed by atoms with Crippen molar-refractivity contribution in [1.29, 1.82) is 0 Å². The third kappa shape index (κ3) is 3.85. The van der Waals surface area contributed by atoms with Gasteiger partial charge in [0.05, 0.1) is 11.3 Å². The van der Waals surface area contributed by atoms with Gasteiger partial charge in [-0.15, -0.1) is 0 Å². The molecule has 0 saturated carbocycles. The first-order chi connectivity index (χ1) is 12.7. The molecule has 2 nitrogen and oxygen atoms in total. The first kappa shape index (κ1) is 19.8. The highest BCUT2D eigenvalue weighted by Crippen LogP contribution is 2.40. The summed E-state index contributed by atoms with van der Waals surface area (Å²) in [6, 6.07) is 7.50. The molecule has 1 aromatic heterocycles. The van der Waals surface area contributed by atoms with Gasteiger partial charge < -0.3 is 10.7 Å². The largest absolute Gasteiger partial charge is 0.416 e. The topological polar surface area (TPSA) is 41.8 Å². The van der Waals surface area contributed by atoms with Gasteiger partial charge in [-0.2, -0.15) is 13.2 Å². The molecule has 0 aliphatic carbocycles. The number of aromatic nitrogens is 1. The first-order valence-electron chi connectivity index (χ1n) is 8.92. The zero-order valence-electron chi connectivity index (χ0n) is 15.3. The van der Waals surface area contributed by atoms with Crippen LogP contribution < -0.4 is 5.73 Å². The molecule has 0 spiro atoms. The summed E-state index contributed by atoms with van der Waals surface area (Å²) in [5.41, 5.74) is 10.0. The van der Waals surface area contributed by atoms with Crippen molar-refractivity contribution in [1.82, 2.24) is 4.98 Å². The van der Waals surface area contributed by atoms with Crippen LogP contribution in [0.15, 0.2) is 30.3 Å². The van der Waals surface area contributed by atoms with Crippen molar-refractivity contribution in [2.45, 2.75) is 39.3 Å². The molecule has 3 N–H and O–H groups in total. The van der Waals surface area contributed by atoms with Crippen LogP contribution in [-0.4, -0.2) is 11.5 Å². The van der Waals surface area contributed by atoms with Crippen LogP contribution in [0.3, 0.4) is 0 Å². The molecule has 3 aromatic rings. The van der Waals surface area contributed by atoms with Gasteiger partial charge in [-0.3, -0.25) is 0 Å². The van der Waals surface area contributed by atoms with Gasteiger partial charge in [0.2, 0.25) is 0 Å². The number of aromatic amines is 1. The fourth-order valence-corrected chi connectivity index (χ4v) is 3.72. The summed E-state index contributed by atoms with van der Waals surface area (Å²) in [5, 5.41) is 1.36. The maximum atomic E-state index is 13.2. The summed E-state index contributed by atoms with van der Waals surface area (Å²) >= 11 is 6.31. The number of fused-ring (bicyclic) bond motifs is 1. The molecule has 0 amide bonds. The van der Waals surface area contributed by atoms with Crippen molar-refractivity contribution in [3.8, 4) is 11.3 Å². The van der Waals surface area contributed by atoms with Crippen molar-refractivity contribution in [3.63, 3.8) is 0 Å². The molecule has 6 heteroatoms. The lowest BCUT2D eigenvalue weighted by atomic mass is 9.96. The van der Waals surface area contributed by atoms with Crippen LogP contribution in [0.4, 0.5) is 13.2 Å². The molecule has 0 aliphatic heterocycles. The smallest absolute Gasteiger partial charge is 0.354 e. The maximum Gasteiger partial charge on any atom is 0.416 e.